The van der Waals surface area contributed by atoms with E-state index in [9.17, 15) is 18.0 Å². The Hall–Kier alpha value is -3.63. The highest BCUT2D eigenvalue weighted by molar-refractivity contribution is 7.89. The predicted octanol–water partition coefficient (Wildman–Crippen LogP) is 3.71. The average molecular weight is 468 g/mol. The van der Waals surface area contributed by atoms with Gasteiger partial charge in [-0.1, -0.05) is 18.2 Å². The number of benzene rings is 2. The maximum atomic E-state index is 12.8. The van der Waals surface area contributed by atoms with E-state index in [-0.39, 0.29) is 16.6 Å². The summed E-state index contributed by atoms with van der Waals surface area (Å²) in [6, 6.07) is 16.7. The van der Waals surface area contributed by atoms with Crippen LogP contribution in [0, 0.1) is 0 Å². The molecule has 172 valence electrons. The molecule has 0 bridgehead atoms. The van der Waals surface area contributed by atoms with Crippen molar-refractivity contribution in [2.45, 2.75) is 17.7 Å². The standard InChI is InChI=1S/C23H25N5O4S/c1-27-16-20(33(31,32)28-13-5-6-14-28)15-21(27)22(29)24-18-9-11-19(12-10-18)26-23(30)25-17-7-3-2-4-8-17/h2-4,7-12,15-16H,5-6,13-14H2,1H3,(H,24,29)(H2,25,26,30). The molecule has 3 amide bonds. The first-order valence-electron chi connectivity index (χ1n) is 10.5. The fourth-order valence-electron chi connectivity index (χ4n) is 3.63. The Balaban J connectivity index is 1.39. The molecule has 2 heterocycles. The molecular formula is C23H25N5O4S. The van der Waals surface area contributed by atoms with E-state index in [2.05, 4.69) is 16.0 Å². The lowest BCUT2D eigenvalue weighted by Crippen LogP contribution is -2.27. The van der Waals surface area contributed by atoms with Crippen molar-refractivity contribution in [3.63, 3.8) is 0 Å². The second kappa shape index (κ2) is 9.47. The highest BCUT2D eigenvalue weighted by Crippen LogP contribution is 2.23. The Kier molecular flexibility index (Phi) is 6.47. The molecule has 1 aromatic heterocycles. The number of sulfonamides is 1. The van der Waals surface area contributed by atoms with Crippen LogP contribution in [0.1, 0.15) is 23.3 Å². The molecule has 2 aromatic carbocycles. The van der Waals surface area contributed by atoms with Gasteiger partial charge in [0.2, 0.25) is 10.0 Å². The zero-order valence-electron chi connectivity index (χ0n) is 18.1. The number of aromatic nitrogens is 1. The number of hydrogen-bond acceptors (Lipinski definition) is 4. The lowest BCUT2D eigenvalue weighted by atomic mass is 10.2. The first-order chi connectivity index (χ1) is 15.8. The van der Waals surface area contributed by atoms with Gasteiger partial charge in [-0.05, 0) is 55.3 Å². The summed E-state index contributed by atoms with van der Waals surface area (Å²) >= 11 is 0. The van der Waals surface area contributed by atoms with Gasteiger partial charge >= 0.3 is 6.03 Å². The minimum atomic E-state index is -3.60. The number of urea groups is 1. The van der Waals surface area contributed by atoms with E-state index in [0.717, 1.165) is 12.8 Å². The largest absolute Gasteiger partial charge is 0.345 e. The van der Waals surface area contributed by atoms with Crippen molar-refractivity contribution in [2.24, 2.45) is 7.05 Å². The van der Waals surface area contributed by atoms with E-state index < -0.39 is 15.9 Å². The van der Waals surface area contributed by atoms with E-state index in [4.69, 9.17) is 0 Å². The number of nitrogens with zero attached hydrogens (tertiary/aromatic N) is 2. The summed E-state index contributed by atoms with van der Waals surface area (Å²) in [5.41, 5.74) is 1.98. The molecule has 0 spiro atoms. The zero-order valence-corrected chi connectivity index (χ0v) is 18.9. The molecule has 0 unspecified atom stereocenters. The van der Waals surface area contributed by atoms with E-state index in [0.29, 0.717) is 30.2 Å². The third-order valence-electron chi connectivity index (χ3n) is 5.35. The monoisotopic (exact) mass is 467 g/mol. The van der Waals surface area contributed by atoms with Gasteiger partial charge in [0.25, 0.3) is 5.91 Å². The predicted molar refractivity (Wildman–Crippen MR) is 127 cm³/mol. The van der Waals surface area contributed by atoms with E-state index in [1.165, 1.54) is 21.1 Å². The molecule has 1 aliphatic rings. The topological polar surface area (TPSA) is 113 Å². The van der Waals surface area contributed by atoms with Crippen molar-refractivity contribution in [2.75, 3.05) is 29.0 Å². The van der Waals surface area contributed by atoms with Crippen molar-refractivity contribution >= 4 is 39.0 Å². The number of hydrogen-bond donors (Lipinski definition) is 3. The second-order valence-electron chi connectivity index (χ2n) is 7.76. The third kappa shape index (κ3) is 5.24. The van der Waals surface area contributed by atoms with Crippen LogP contribution in [-0.2, 0) is 17.1 Å². The summed E-state index contributed by atoms with van der Waals surface area (Å²) in [7, 11) is -1.97. The Bertz CT molecular complexity index is 1250. The van der Waals surface area contributed by atoms with Gasteiger partial charge in [-0.25, -0.2) is 13.2 Å². The molecule has 10 heteroatoms. The van der Waals surface area contributed by atoms with Crippen LogP contribution < -0.4 is 16.0 Å². The van der Waals surface area contributed by atoms with Gasteiger partial charge in [-0.15, -0.1) is 0 Å². The Morgan fingerprint density at radius 1 is 0.818 bits per heavy atom. The van der Waals surface area contributed by atoms with Gasteiger partial charge in [0.1, 0.15) is 10.6 Å². The maximum absolute atomic E-state index is 12.8. The van der Waals surface area contributed by atoms with E-state index in [1.54, 1.807) is 43.4 Å². The number of anilines is 3. The number of carbonyl (C=O) groups is 2. The molecule has 33 heavy (non-hydrogen) atoms. The Morgan fingerprint density at radius 3 is 1.97 bits per heavy atom. The van der Waals surface area contributed by atoms with Gasteiger partial charge in [-0.2, -0.15) is 4.31 Å². The number of rotatable bonds is 6. The molecule has 3 N–H and O–H groups in total. The highest BCUT2D eigenvalue weighted by atomic mass is 32.2. The van der Waals surface area contributed by atoms with E-state index >= 15 is 0 Å². The third-order valence-corrected chi connectivity index (χ3v) is 7.21. The van der Waals surface area contributed by atoms with Gasteiger partial charge < -0.3 is 20.5 Å². The molecule has 1 fully saturated rings. The quantitative estimate of drug-likeness (QED) is 0.513. The van der Waals surface area contributed by atoms with Gasteiger partial charge in [0, 0.05) is 43.4 Å². The van der Waals surface area contributed by atoms with Gasteiger partial charge in [0.05, 0.1) is 0 Å². The average Bonchev–Trinajstić information content (AvgIpc) is 3.46. The number of aryl methyl sites for hydroxylation is 1. The lowest BCUT2D eigenvalue weighted by molar-refractivity contribution is 0.101. The normalized spacial score (nSPS) is 14.1. The van der Waals surface area contributed by atoms with Crippen LogP contribution in [0.15, 0.2) is 71.8 Å². The molecule has 9 nitrogen and oxygen atoms in total. The summed E-state index contributed by atoms with van der Waals surface area (Å²) in [6.45, 7) is 1.00. The van der Waals surface area contributed by atoms with Crippen LogP contribution in [0.25, 0.3) is 0 Å². The summed E-state index contributed by atoms with van der Waals surface area (Å²) in [5, 5.41) is 8.20. The summed E-state index contributed by atoms with van der Waals surface area (Å²) in [6.07, 6.45) is 3.15. The van der Waals surface area contributed by atoms with Crippen molar-refractivity contribution in [3.8, 4) is 0 Å². The van der Waals surface area contributed by atoms with Crippen LogP contribution in [-0.4, -0.2) is 42.3 Å². The molecular weight excluding hydrogens is 442 g/mol. The van der Waals surface area contributed by atoms with Crippen LogP contribution in [0.3, 0.4) is 0 Å². The summed E-state index contributed by atoms with van der Waals surface area (Å²) in [4.78, 5) is 25.0. The Morgan fingerprint density at radius 2 is 1.36 bits per heavy atom. The van der Waals surface area contributed by atoms with Gasteiger partial charge in [-0.3, -0.25) is 4.79 Å². The first-order valence-corrected chi connectivity index (χ1v) is 12.0. The van der Waals surface area contributed by atoms with Crippen molar-refractivity contribution < 1.29 is 18.0 Å². The molecule has 0 saturated carbocycles. The van der Waals surface area contributed by atoms with Crippen molar-refractivity contribution in [3.05, 3.63) is 72.6 Å². The van der Waals surface area contributed by atoms with Gasteiger partial charge in [0.15, 0.2) is 0 Å². The fraction of sp³-hybridized carbons (Fsp3) is 0.217. The highest BCUT2D eigenvalue weighted by Gasteiger charge is 2.29. The maximum Gasteiger partial charge on any atom is 0.323 e. The van der Waals surface area contributed by atoms with Crippen molar-refractivity contribution in [1.82, 2.24) is 8.87 Å². The molecule has 0 aliphatic carbocycles. The number of para-hydroxylation sites is 1. The summed E-state index contributed by atoms with van der Waals surface area (Å²) < 4.78 is 28.5. The molecule has 1 aliphatic heterocycles. The van der Waals surface area contributed by atoms with Crippen LogP contribution in [0.4, 0.5) is 21.9 Å². The minimum Gasteiger partial charge on any atom is -0.345 e. The SMILES string of the molecule is Cn1cc(S(=O)(=O)N2CCCC2)cc1C(=O)Nc1ccc(NC(=O)Nc2ccccc2)cc1. The minimum absolute atomic E-state index is 0.112. The number of nitrogens with one attached hydrogen (secondary N) is 3. The van der Waals surface area contributed by atoms with Crippen molar-refractivity contribution in [1.29, 1.82) is 0 Å². The van der Waals surface area contributed by atoms with E-state index in [1.807, 2.05) is 18.2 Å². The lowest BCUT2D eigenvalue weighted by Gasteiger charge is -2.13. The second-order valence-corrected chi connectivity index (χ2v) is 9.70. The van der Waals surface area contributed by atoms with Crippen LogP contribution >= 0.6 is 0 Å². The molecule has 3 aromatic rings. The smallest absolute Gasteiger partial charge is 0.323 e. The molecule has 0 radical (unpaired) electrons. The van der Waals surface area contributed by atoms with Crippen LogP contribution in [0.2, 0.25) is 0 Å². The Labute approximate surface area is 192 Å². The first kappa shape index (κ1) is 22.6. The molecule has 0 atom stereocenters. The zero-order chi connectivity index (χ0) is 23.4. The fourth-order valence-corrected chi connectivity index (χ4v) is 5.21. The molecule has 4 rings (SSSR count). The van der Waals surface area contributed by atoms with Crippen LogP contribution in [0.5, 0.6) is 0 Å². The molecule has 1 saturated heterocycles. The number of amides is 3. The summed E-state index contributed by atoms with van der Waals surface area (Å²) in [5.74, 6) is -0.428. The number of carbonyl (C=O) groups excluding carboxylic acids is 2.